The SMILES string of the molecule is Cc1nn(CCC(=O)N2CCN(S(=O)(=O)c3cccs3)CC2)cc1Cl. The Morgan fingerprint density at radius 3 is 2.60 bits per heavy atom. The summed E-state index contributed by atoms with van der Waals surface area (Å²) >= 11 is 7.16. The van der Waals surface area contributed by atoms with Gasteiger partial charge in [-0.25, -0.2) is 8.42 Å². The van der Waals surface area contributed by atoms with E-state index in [0.29, 0.717) is 48.4 Å². The van der Waals surface area contributed by atoms with Crippen LogP contribution in [0, 0.1) is 6.92 Å². The van der Waals surface area contributed by atoms with Crippen LogP contribution < -0.4 is 0 Å². The Hall–Kier alpha value is -1.42. The molecule has 1 aliphatic heterocycles. The Labute approximate surface area is 155 Å². The van der Waals surface area contributed by atoms with Gasteiger partial charge in [-0.3, -0.25) is 9.48 Å². The molecule has 0 unspecified atom stereocenters. The summed E-state index contributed by atoms with van der Waals surface area (Å²) in [6.45, 7) is 3.72. The van der Waals surface area contributed by atoms with Gasteiger partial charge in [-0.05, 0) is 18.4 Å². The van der Waals surface area contributed by atoms with Crippen molar-refractivity contribution in [1.82, 2.24) is 19.0 Å². The van der Waals surface area contributed by atoms with Crippen molar-refractivity contribution in [3.05, 3.63) is 34.4 Å². The van der Waals surface area contributed by atoms with E-state index in [1.54, 1.807) is 33.3 Å². The standard InChI is InChI=1S/C15H19ClN4O3S2/c1-12-13(16)11-19(17-12)5-4-14(21)18-6-8-20(9-7-18)25(22,23)15-3-2-10-24-15/h2-3,10-11H,4-9H2,1H3. The van der Waals surface area contributed by atoms with E-state index in [2.05, 4.69) is 5.10 Å². The van der Waals surface area contributed by atoms with Crippen molar-refractivity contribution in [2.24, 2.45) is 0 Å². The van der Waals surface area contributed by atoms with E-state index in [4.69, 9.17) is 11.6 Å². The average Bonchev–Trinajstić information content (AvgIpc) is 3.24. The predicted molar refractivity (Wildman–Crippen MR) is 96.2 cm³/mol. The van der Waals surface area contributed by atoms with Crippen molar-refractivity contribution in [2.75, 3.05) is 26.2 Å². The lowest BCUT2D eigenvalue weighted by molar-refractivity contribution is -0.132. The normalized spacial score (nSPS) is 16.3. The summed E-state index contributed by atoms with van der Waals surface area (Å²) in [4.78, 5) is 14.0. The third-order valence-electron chi connectivity index (χ3n) is 4.12. The van der Waals surface area contributed by atoms with Crippen LogP contribution in [0.3, 0.4) is 0 Å². The number of carbonyl (C=O) groups excluding carboxylic acids is 1. The molecule has 0 aliphatic carbocycles. The number of thiophene rings is 1. The third-order valence-corrected chi connectivity index (χ3v) is 7.76. The number of rotatable bonds is 5. The van der Waals surface area contributed by atoms with Crippen molar-refractivity contribution >= 4 is 38.9 Å². The quantitative estimate of drug-likeness (QED) is 0.764. The second-order valence-corrected chi connectivity index (χ2v) is 9.31. The Morgan fingerprint density at radius 2 is 2.04 bits per heavy atom. The average molecular weight is 403 g/mol. The number of sulfonamides is 1. The molecule has 1 fully saturated rings. The topological polar surface area (TPSA) is 75.5 Å². The van der Waals surface area contributed by atoms with E-state index in [0.717, 1.165) is 5.69 Å². The molecule has 25 heavy (non-hydrogen) atoms. The van der Waals surface area contributed by atoms with Gasteiger partial charge in [0.15, 0.2) is 0 Å². The van der Waals surface area contributed by atoms with Gasteiger partial charge in [0.25, 0.3) is 10.0 Å². The molecule has 3 heterocycles. The molecule has 0 saturated carbocycles. The Kier molecular flexibility index (Phi) is 5.47. The number of halogens is 1. The second kappa shape index (κ2) is 7.45. The molecule has 2 aromatic heterocycles. The van der Waals surface area contributed by atoms with Gasteiger partial charge in [-0.2, -0.15) is 9.40 Å². The minimum absolute atomic E-state index is 0.00236. The van der Waals surface area contributed by atoms with Gasteiger partial charge in [0.2, 0.25) is 5.91 Å². The summed E-state index contributed by atoms with van der Waals surface area (Å²) in [6, 6.07) is 3.33. The zero-order chi connectivity index (χ0) is 18.0. The van der Waals surface area contributed by atoms with Crippen molar-refractivity contribution in [2.45, 2.75) is 24.1 Å². The molecule has 1 saturated heterocycles. The van der Waals surface area contributed by atoms with Crippen molar-refractivity contribution in [1.29, 1.82) is 0 Å². The molecule has 1 amide bonds. The van der Waals surface area contributed by atoms with Crippen molar-refractivity contribution in [3.63, 3.8) is 0 Å². The van der Waals surface area contributed by atoms with E-state index < -0.39 is 10.0 Å². The van der Waals surface area contributed by atoms with Gasteiger partial charge in [0.1, 0.15) is 4.21 Å². The van der Waals surface area contributed by atoms with E-state index in [-0.39, 0.29) is 5.91 Å². The first-order valence-electron chi connectivity index (χ1n) is 7.89. The van der Waals surface area contributed by atoms with E-state index in [1.165, 1.54) is 15.6 Å². The van der Waals surface area contributed by atoms with Gasteiger partial charge < -0.3 is 4.90 Å². The van der Waals surface area contributed by atoms with Crippen LogP contribution in [-0.4, -0.2) is 59.5 Å². The lowest BCUT2D eigenvalue weighted by atomic mass is 10.3. The zero-order valence-corrected chi connectivity index (χ0v) is 16.1. The minimum atomic E-state index is -3.44. The minimum Gasteiger partial charge on any atom is -0.340 e. The van der Waals surface area contributed by atoms with E-state index >= 15 is 0 Å². The maximum absolute atomic E-state index is 12.5. The molecule has 7 nitrogen and oxygen atoms in total. The highest BCUT2D eigenvalue weighted by Gasteiger charge is 2.30. The molecular weight excluding hydrogens is 384 g/mol. The smallest absolute Gasteiger partial charge is 0.252 e. The molecular formula is C15H19ClN4O3S2. The highest BCUT2D eigenvalue weighted by molar-refractivity contribution is 7.91. The molecule has 0 bridgehead atoms. The van der Waals surface area contributed by atoms with Gasteiger partial charge in [0.05, 0.1) is 10.7 Å². The van der Waals surface area contributed by atoms with Gasteiger partial charge in [0, 0.05) is 45.3 Å². The summed E-state index contributed by atoms with van der Waals surface area (Å²) in [5.41, 5.74) is 0.738. The second-order valence-electron chi connectivity index (χ2n) is 5.79. The maximum atomic E-state index is 12.5. The fourth-order valence-corrected chi connectivity index (χ4v) is 5.41. The number of amides is 1. The lowest BCUT2D eigenvalue weighted by Gasteiger charge is -2.33. The maximum Gasteiger partial charge on any atom is 0.252 e. The summed E-state index contributed by atoms with van der Waals surface area (Å²) in [6.07, 6.45) is 2.02. The molecule has 0 N–H and O–H groups in total. The predicted octanol–water partition coefficient (Wildman–Crippen LogP) is 1.83. The van der Waals surface area contributed by atoms with Gasteiger partial charge in [-0.15, -0.1) is 11.3 Å². The fraction of sp³-hybridized carbons (Fsp3) is 0.467. The van der Waals surface area contributed by atoms with Crippen LogP contribution >= 0.6 is 22.9 Å². The Bertz CT molecular complexity index is 821. The number of aryl methyl sites for hydroxylation is 2. The molecule has 0 radical (unpaired) electrons. The van der Waals surface area contributed by atoms with Crippen molar-refractivity contribution < 1.29 is 13.2 Å². The Balaban J connectivity index is 1.52. The summed E-state index contributed by atoms with van der Waals surface area (Å²) in [7, 11) is -3.44. The largest absolute Gasteiger partial charge is 0.340 e. The number of aromatic nitrogens is 2. The van der Waals surface area contributed by atoms with Gasteiger partial charge in [-0.1, -0.05) is 17.7 Å². The number of hydrogen-bond acceptors (Lipinski definition) is 5. The Morgan fingerprint density at radius 1 is 1.32 bits per heavy atom. The van der Waals surface area contributed by atoms with Crippen LogP contribution in [0.4, 0.5) is 0 Å². The fourth-order valence-electron chi connectivity index (χ4n) is 2.69. The first-order chi connectivity index (χ1) is 11.9. The molecule has 136 valence electrons. The van der Waals surface area contributed by atoms with Crippen LogP contribution in [0.25, 0.3) is 0 Å². The van der Waals surface area contributed by atoms with Crippen LogP contribution in [0.15, 0.2) is 27.9 Å². The molecule has 10 heteroatoms. The number of piperazine rings is 1. The van der Waals surface area contributed by atoms with Crippen LogP contribution in [0.2, 0.25) is 5.02 Å². The highest BCUT2D eigenvalue weighted by Crippen LogP contribution is 2.22. The van der Waals surface area contributed by atoms with Crippen LogP contribution in [0.1, 0.15) is 12.1 Å². The monoisotopic (exact) mass is 402 g/mol. The van der Waals surface area contributed by atoms with Crippen LogP contribution in [-0.2, 0) is 21.4 Å². The first kappa shape index (κ1) is 18.4. The zero-order valence-electron chi connectivity index (χ0n) is 13.8. The summed E-state index contributed by atoms with van der Waals surface area (Å²) in [5, 5.41) is 6.56. The first-order valence-corrected chi connectivity index (χ1v) is 10.6. The molecule has 0 spiro atoms. The summed E-state index contributed by atoms with van der Waals surface area (Å²) < 4.78 is 28.4. The molecule has 3 rings (SSSR count). The summed E-state index contributed by atoms with van der Waals surface area (Å²) in [5.74, 6) is -0.00236. The van der Waals surface area contributed by atoms with E-state index in [1.807, 2.05) is 6.92 Å². The molecule has 0 aromatic carbocycles. The van der Waals surface area contributed by atoms with Crippen molar-refractivity contribution in [3.8, 4) is 0 Å². The molecule has 0 atom stereocenters. The third kappa shape index (κ3) is 4.05. The number of carbonyl (C=O) groups is 1. The highest BCUT2D eigenvalue weighted by atomic mass is 35.5. The van der Waals surface area contributed by atoms with Gasteiger partial charge >= 0.3 is 0 Å². The molecule has 1 aliphatic rings. The number of nitrogens with zero attached hydrogens (tertiary/aromatic N) is 4. The van der Waals surface area contributed by atoms with E-state index in [9.17, 15) is 13.2 Å². The lowest BCUT2D eigenvalue weighted by Crippen LogP contribution is -2.50. The van der Waals surface area contributed by atoms with Crippen LogP contribution in [0.5, 0.6) is 0 Å². The number of hydrogen-bond donors (Lipinski definition) is 0. The molecule has 2 aromatic rings.